The fraction of sp³-hybridized carbons (Fsp3) is 0.0526. The van der Waals surface area contributed by atoms with Gasteiger partial charge in [-0.1, -0.05) is 15.9 Å². The van der Waals surface area contributed by atoms with Gasteiger partial charge in [-0.05, 0) is 42.5 Å². The van der Waals surface area contributed by atoms with Crippen LogP contribution in [0.1, 0.15) is 10.4 Å². The number of amides is 1. The van der Waals surface area contributed by atoms with Gasteiger partial charge >= 0.3 is 0 Å². The predicted octanol–water partition coefficient (Wildman–Crippen LogP) is 5.00. The Morgan fingerprint density at radius 3 is 2.88 bits per heavy atom. The summed E-state index contributed by atoms with van der Waals surface area (Å²) >= 11 is 3.47. The molecule has 0 aliphatic carbocycles. The number of hydrogen-bond donors (Lipinski definition) is 1. The lowest BCUT2D eigenvalue weighted by Crippen LogP contribution is -2.12. The Bertz CT molecular complexity index is 1090. The maximum atomic E-state index is 12.8. The number of hydrogen-bond acceptors (Lipinski definition) is 4. The number of furan rings is 1. The number of anilines is 1. The van der Waals surface area contributed by atoms with Crippen molar-refractivity contribution in [3.05, 3.63) is 64.9 Å². The molecule has 0 spiro atoms. The van der Waals surface area contributed by atoms with Crippen LogP contribution in [0.5, 0.6) is 5.75 Å². The van der Waals surface area contributed by atoms with Crippen LogP contribution < -0.4 is 10.1 Å². The first-order valence-corrected chi connectivity index (χ1v) is 8.37. The maximum absolute atomic E-state index is 12.8. The molecule has 0 bridgehead atoms. The molecule has 2 heterocycles. The minimum absolute atomic E-state index is 0.233. The number of ether oxygens (including phenoxy) is 1. The molecule has 1 amide bonds. The molecule has 25 heavy (non-hydrogen) atoms. The standard InChI is InChI=1S/C19H13BrN2O3/c1-24-16-7-5-13(19(23)22-12-3-2-8-21-10-12)17-14-9-11(20)4-6-15(14)25-18(16)17/h2-10H,1H3,(H,22,23). The van der Waals surface area contributed by atoms with E-state index in [1.165, 1.54) is 0 Å². The Morgan fingerprint density at radius 2 is 2.12 bits per heavy atom. The number of nitrogens with zero attached hydrogens (tertiary/aromatic N) is 1. The second-order valence-electron chi connectivity index (χ2n) is 5.46. The minimum atomic E-state index is -0.233. The molecule has 6 heteroatoms. The van der Waals surface area contributed by atoms with Gasteiger partial charge in [0.1, 0.15) is 5.58 Å². The second kappa shape index (κ2) is 6.22. The van der Waals surface area contributed by atoms with Crippen molar-refractivity contribution in [3.63, 3.8) is 0 Å². The molecule has 2 aromatic heterocycles. The summed E-state index contributed by atoms with van der Waals surface area (Å²) in [7, 11) is 1.58. The monoisotopic (exact) mass is 396 g/mol. The van der Waals surface area contributed by atoms with Crippen molar-refractivity contribution < 1.29 is 13.9 Å². The highest BCUT2D eigenvalue weighted by Gasteiger charge is 2.20. The van der Waals surface area contributed by atoms with E-state index in [9.17, 15) is 4.79 Å². The molecular weight excluding hydrogens is 384 g/mol. The van der Waals surface area contributed by atoms with Crippen molar-refractivity contribution in [3.8, 4) is 5.75 Å². The van der Waals surface area contributed by atoms with E-state index in [1.807, 2.05) is 18.2 Å². The van der Waals surface area contributed by atoms with Crippen molar-refractivity contribution in [2.24, 2.45) is 0 Å². The average Bonchev–Trinajstić information content (AvgIpc) is 3.00. The lowest BCUT2D eigenvalue weighted by molar-refractivity contribution is 0.102. The quantitative estimate of drug-likeness (QED) is 0.528. The first-order valence-electron chi connectivity index (χ1n) is 7.57. The van der Waals surface area contributed by atoms with Crippen LogP contribution in [0, 0.1) is 0 Å². The van der Waals surface area contributed by atoms with Gasteiger partial charge in [0.25, 0.3) is 5.91 Å². The van der Waals surface area contributed by atoms with Crippen molar-refractivity contribution in [2.45, 2.75) is 0 Å². The van der Waals surface area contributed by atoms with Crippen LogP contribution in [0.25, 0.3) is 21.9 Å². The van der Waals surface area contributed by atoms with Crippen molar-refractivity contribution in [1.29, 1.82) is 0 Å². The highest BCUT2D eigenvalue weighted by Crippen LogP contribution is 2.38. The molecule has 0 saturated carbocycles. The molecule has 0 radical (unpaired) electrons. The molecule has 4 aromatic rings. The van der Waals surface area contributed by atoms with Crippen LogP contribution >= 0.6 is 15.9 Å². The number of carbonyl (C=O) groups is 1. The van der Waals surface area contributed by atoms with Crippen molar-refractivity contribution >= 4 is 49.5 Å². The van der Waals surface area contributed by atoms with Gasteiger partial charge in [-0.3, -0.25) is 9.78 Å². The number of halogens is 1. The fourth-order valence-corrected chi connectivity index (χ4v) is 3.17. The van der Waals surface area contributed by atoms with Crippen LogP contribution in [0.4, 0.5) is 5.69 Å². The van der Waals surface area contributed by atoms with E-state index in [4.69, 9.17) is 9.15 Å². The van der Waals surface area contributed by atoms with E-state index in [1.54, 1.807) is 43.8 Å². The highest BCUT2D eigenvalue weighted by molar-refractivity contribution is 9.10. The molecule has 0 saturated heterocycles. The maximum Gasteiger partial charge on any atom is 0.256 e. The van der Waals surface area contributed by atoms with E-state index in [0.29, 0.717) is 28.2 Å². The zero-order valence-corrected chi connectivity index (χ0v) is 14.8. The Kier molecular flexibility index (Phi) is 3.89. The van der Waals surface area contributed by atoms with E-state index in [0.717, 1.165) is 15.2 Å². The first-order chi connectivity index (χ1) is 12.2. The number of pyridine rings is 1. The van der Waals surface area contributed by atoms with E-state index < -0.39 is 0 Å². The highest BCUT2D eigenvalue weighted by atomic mass is 79.9. The second-order valence-corrected chi connectivity index (χ2v) is 6.37. The SMILES string of the molecule is COc1ccc(C(=O)Nc2cccnc2)c2c1oc1ccc(Br)cc12. The third-order valence-corrected chi connectivity index (χ3v) is 4.42. The number of aromatic nitrogens is 1. The van der Waals surface area contributed by atoms with Gasteiger partial charge in [-0.15, -0.1) is 0 Å². The lowest BCUT2D eigenvalue weighted by atomic mass is 10.0. The van der Waals surface area contributed by atoms with Gasteiger partial charge in [0.05, 0.1) is 24.6 Å². The first kappa shape index (κ1) is 15.7. The molecule has 0 unspecified atom stereocenters. The summed E-state index contributed by atoms with van der Waals surface area (Å²) in [6.45, 7) is 0. The summed E-state index contributed by atoms with van der Waals surface area (Å²) in [4.78, 5) is 16.8. The third kappa shape index (κ3) is 2.74. The minimum Gasteiger partial charge on any atom is -0.493 e. The van der Waals surface area contributed by atoms with Gasteiger partial charge in [0.2, 0.25) is 0 Å². The zero-order valence-electron chi connectivity index (χ0n) is 13.2. The number of methoxy groups -OCH3 is 1. The topological polar surface area (TPSA) is 64.4 Å². The largest absolute Gasteiger partial charge is 0.493 e. The summed E-state index contributed by atoms with van der Waals surface area (Å²) in [5.41, 5.74) is 2.38. The number of fused-ring (bicyclic) bond motifs is 3. The smallest absolute Gasteiger partial charge is 0.256 e. The van der Waals surface area contributed by atoms with Gasteiger partial charge in [0, 0.05) is 21.4 Å². The third-order valence-electron chi connectivity index (χ3n) is 3.93. The van der Waals surface area contributed by atoms with Gasteiger partial charge in [-0.25, -0.2) is 0 Å². The zero-order chi connectivity index (χ0) is 17.4. The van der Waals surface area contributed by atoms with Gasteiger partial charge < -0.3 is 14.5 Å². The molecule has 5 nitrogen and oxygen atoms in total. The van der Waals surface area contributed by atoms with Crippen LogP contribution in [0.2, 0.25) is 0 Å². The molecule has 1 N–H and O–H groups in total. The Balaban J connectivity index is 1.92. The summed E-state index contributed by atoms with van der Waals surface area (Å²) in [6.07, 6.45) is 3.25. The summed E-state index contributed by atoms with van der Waals surface area (Å²) in [6, 6.07) is 12.7. The van der Waals surface area contributed by atoms with E-state index in [-0.39, 0.29) is 5.91 Å². The average molecular weight is 397 g/mol. The number of carbonyl (C=O) groups excluding carboxylic acids is 1. The summed E-state index contributed by atoms with van der Waals surface area (Å²) in [5, 5.41) is 4.43. The molecule has 0 atom stereocenters. The van der Waals surface area contributed by atoms with Crippen molar-refractivity contribution in [2.75, 3.05) is 12.4 Å². The van der Waals surface area contributed by atoms with Gasteiger partial charge in [-0.2, -0.15) is 0 Å². The predicted molar refractivity (Wildman–Crippen MR) is 100 cm³/mol. The van der Waals surface area contributed by atoms with Crippen LogP contribution in [0.15, 0.2) is 63.7 Å². The number of nitrogens with one attached hydrogen (secondary N) is 1. The Morgan fingerprint density at radius 1 is 1.24 bits per heavy atom. The Labute approximate surface area is 151 Å². The normalized spacial score (nSPS) is 11.0. The summed E-state index contributed by atoms with van der Waals surface area (Å²) in [5.74, 6) is 0.351. The number of benzene rings is 2. The fourth-order valence-electron chi connectivity index (χ4n) is 2.81. The molecule has 124 valence electrons. The molecule has 0 fully saturated rings. The van der Waals surface area contributed by atoms with E-state index in [2.05, 4.69) is 26.2 Å². The van der Waals surface area contributed by atoms with Gasteiger partial charge in [0.15, 0.2) is 11.3 Å². The molecule has 4 rings (SSSR count). The van der Waals surface area contributed by atoms with Crippen LogP contribution in [-0.2, 0) is 0 Å². The van der Waals surface area contributed by atoms with Crippen LogP contribution in [-0.4, -0.2) is 18.0 Å². The Hall–Kier alpha value is -2.86. The summed E-state index contributed by atoms with van der Waals surface area (Å²) < 4.78 is 12.2. The number of rotatable bonds is 3. The van der Waals surface area contributed by atoms with Crippen molar-refractivity contribution in [1.82, 2.24) is 4.98 Å². The van der Waals surface area contributed by atoms with E-state index >= 15 is 0 Å². The molecule has 0 aliphatic rings. The molecule has 2 aromatic carbocycles. The van der Waals surface area contributed by atoms with Crippen LogP contribution in [0.3, 0.4) is 0 Å². The molecular formula is C19H13BrN2O3. The molecule has 0 aliphatic heterocycles. The lowest BCUT2D eigenvalue weighted by Gasteiger charge is -2.08.